The SMILES string of the molecule is CC(C)(C)c1ccc(Nc2cc3oc4cc(C(C)(C)C)ccc4c3cc2-c2ccc3c4cc5sc6ccccc6c5cc4n4c3c2[B]c2sc3ccc(C(C)(C)C)cc3c2-4)cc1. The van der Waals surface area contributed by atoms with Crippen molar-refractivity contribution in [3.63, 3.8) is 0 Å². The third-order valence-corrected chi connectivity index (χ3v) is 15.6. The number of hydrogen-bond donors (Lipinski definition) is 1. The van der Waals surface area contributed by atoms with Gasteiger partial charge in [-0.1, -0.05) is 123 Å². The van der Waals surface area contributed by atoms with E-state index in [9.17, 15) is 0 Å². The number of anilines is 2. The van der Waals surface area contributed by atoms with Crippen LogP contribution < -0.4 is 15.6 Å². The summed E-state index contributed by atoms with van der Waals surface area (Å²) in [4.78, 5) is 0. The molecule has 1 N–H and O–H groups in total. The molecular formula is C56H48BN2OS2. The van der Waals surface area contributed by atoms with E-state index in [-0.39, 0.29) is 16.2 Å². The van der Waals surface area contributed by atoms with Gasteiger partial charge < -0.3 is 14.3 Å². The molecule has 0 spiro atoms. The summed E-state index contributed by atoms with van der Waals surface area (Å²) in [6, 6.07) is 46.0. The molecule has 11 aromatic rings. The Morgan fingerprint density at radius 2 is 1.18 bits per heavy atom. The summed E-state index contributed by atoms with van der Waals surface area (Å²) in [5.74, 6) is 0. The maximum Gasteiger partial charge on any atom is 0.211 e. The van der Waals surface area contributed by atoms with Gasteiger partial charge in [-0.25, -0.2) is 0 Å². The number of benzene rings is 7. The molecule has 4 aromatic heterocycles. The largest absolute Gasteiger partial charge is 0.456 e. The Bertz CT molecular complexity index is 3690. The third kappa shape index (κ3) is 5.69. The third-order valence-electron chi connectivity index (χ3n) is 13.3. The molecule has 0 atom stereocenters. The number of rotatable bonds is 3. The molecular weight excluding hydrogens is 792 g/mol. The second-order valence-electron chi connectivity index (χ2n) is 20.6. The zero-order valence-corrected chi connectivity index (χ0v) is 38.4. The van der Waals surface area contributed by atoms with Gasteiger partial charge >= 0.3 is 0 Å². The van der Waals surface area contributed by atoms with E-state index >= 15 is 0 Å². The maximum absolute atomic E-state index is 6.74. The molecule has 3 nitrogen and oxygen atoms in total. The minimum absolute atomic E-state index is 0.0125. The molecule has 0 unspecified atom stereocenters. The van der Waals surface area contributed by atoms with E-state index in [0.29, 0.717) is 0 Å². The highest BCUT2D eigenvalue weighted by molar-refractivity contribution is 7.29. The van der Waals surface area contributed by atoms with Crippen molar-refractivity contribution in [1.29, 1.82) is 0 Å². The van der Waals surface area contributed by atoms with Crippen LogP contribution in [0.4, 0.5) is 11.4 Å². The molecule has 12 rings (SSSR count). The first-order valence-electron chi connectivity index (χ1n) is 21.8. The average molecular weight is 840 g/mol. The smallest absolute Gasteiger partial charge is 0.211 e. The summed E-state index contributed by atoms with van der Waals surface area (Å²) < 4.78 is 14.6. The van der Waals surface area contributed by atoms with E-state index in [4.69, 9.17) is 4.42 Å². The van der Waals surface area contributed by atoms with Gasteiger partial charge in [-0.2, -0.15) is 0 Å². The van der Waals surface area contributed by atoms with Crippen LogP contribution in [0.15, 0.2) is 126 Å². The predicted molar refractivity (Wildman–Crippen MR) is 273 cm³/mol. The lowest BCUT2D eigenvalue weighted by Gasteiger charge is -2.23. The van der Waals surface area contributed by atoms with E-state index < -0.39 is 0 Å². The lowest BCUT2D eigenvalue weighted by Crippen LogP contribution is -2.35. The lowest BCUT2D eigenvalue weighted by molar-refractivity contribution is 0.587. The van der Waals surface area contributed by atoms with Crippen LogP contribution >= 0.6 is 22.7 Å². The molecule has 1 aliphatic rings. The Labute approximate surface area is 371 Å². The number of thiophene rings is 2. The summed E-state index contributed by atoms with van der Waals surface area (Å²) in [6.07, 6.45) is 0. The highest BCUT2D eigenvalue weighted by Gasteiger charge is 2.31. The molecule has 0 saturated carbocycles. The standard InChI is InChI=1S/C56H48BN2OS2/c1-54(2,3)30-14-18-33(19-15-30)58-43-29-46-40(34-20-16-32(56(7,8)9)25-45(34)60-46)26-38(43)36-21-22-37-39-28-49-41(35-12-10-11-13-47(35)61-49)27-44(39)59-51(37)50(36)57-53-52(59)42-24-31(55(4,5)6)17-23-48(42)62-53/h10-29,58H,1-9H3. The normalized spacial score (nSPS) is 13.4. The van der Waals surface area contributed by atoms with E-state index in [1.54, 1.807) is 0 Å². The molecule has 1 aliphatic heterocycles. The molecule has 0 saturated heterocycles. The fraction of sp³-hybridized carbons (Fsp3) is 0.214. The van der Waals surface area contributed by atoms with E-state index in [0.717, 1.165) is 38.9 Å². The van der Waals surface area contributed by atoms with Gasteiger partial charge in [0.15, 0.2) is 0 Å². The minimum Gasteiger partial charge on any atom is -0.456 e. The van der Waals surface area contributed by atoms with Crippen molar-refractivity contribution < 1.29 is 4.42 Å². The van der Waals surface area contributed by atoms with Crippen LogP contribution in [0.5, 0.6) is 0 Å². The summed E-state index contributed by atoms with van der Waals surface area (Å²) >= 11 is 3.80. The van der Waals surface area contributed by atoms with E-state index in [2.05, 4.69) is 201 Å². The van der Waals surface area contributed by atoms with Crippen molar-refractivity contribution in [2.24, 2.45) is 0 Å². The van der Waals surface area contributed by atoms with Gasteiger partial charge in [0.2, 0.25) is 7.28 Å². The van der Waals surface area contributed by atoms with Gasteiger partial charge in [0.05, 0.1) is 16.9 Å². The monoisotopic (exact) mass is 839 g/mol. The van der Waals surface area contributed by atoms with Gasteiger partial charge in [-0.15, -0.1) is 22.7 Å². The molecule has 7 aromatic carbocycles. The summed E-state index contributed by atoms with van der Waals surface area (Å²) in [5, 5.41) is 12.7. The first-order valence-corrected chi connectivity index (χ1v) is 23.5. The molecule has 5 heterocycles. The van der Waals surface area contributed by atoms with Gasteiger partial charge in [0.1, 0.15) is 11.2 Å². The number of nitrogens with zero attached hydrogens (tertiary/aromatic N) is 1. The molecule has 0 fully saturated rings. The Morgan fingerprint density at radius 3 is 1.95 bits per heavy atom. The molecule has 62 heavy (non-hydrogen) atoms. The van der Waals surface area contributed by atoms with Crippen molar-refractivity contribution >= 4 is 126 Å². The Kier molecular flexibility index (Phi) is 7.87. The zero-order valence-electron chi connectivity index (χ0n) is 36.8. The number of aromatic nitrogens is 1. The van der Waals surface area contributed by atoms with Crippen molar-refractivity contribution in [3.05, 3.63) is 138 Å². The van der Waals surface area contributed by atoms with Gasteiger partial charge in [-0.05, 0) is 103 Å². The van der Waals surface area contributed by atoms with Crippen molar-refractivity contribution in [2.75, 3.05) is 5.32 Å². The molecule has 0 amide bonds. The van der Waals surface area contributed by atoms with Crippen molar-refractivity contribution in [2.45, 2.75) is 78.6 Å². The average Bonchev–Trinajstić information content (AvgIpc) is 3.97. The summed E-state index contributed by atoms with van der Waals surface area (Å²) in [6.45, 7) is 20.5. The number of fused-ring (bicyclic) bond motifs is 13. The number of hydrogen-bond acceptors (Lipinski definition) is 4. The fourth-order valence-corrected chi connectivity index (χ4v) is 12.1. The molecule has 6 heteroatoms. The topological polar surface area (TPSA) is 30.1 Å². The van der Waals surface area contributed by atoms with E-state index in [1.807, 2.05) is 22.7 Å². The highest BCUT2D eigenvalue weighted by atomic mass is 32.1. The predicted octanol–water partition coefficient (Wildman–Crippen LogP) is 15.5. The van der Waals surface area contributed by atoms with Crippen LogP contribution in [0.1, 0.15) is 79.0 Å². The van der Waals surface area contributed by atoms with Gasteiger partial charge in [0, 0.05) is 74.6 Å². The Hall–Kier alpha value is -5.82. The molecule has 1 radical (unpaired) electrons. The van der Waals surface area contributed by atoms with Crippen LogP contribution in [0.3, 0.4) is 0 Å². The lowest BCUT2D eigenvalue weighted by atomic mass is 9.63. The van der Waals surface area contributed by atoms with E-state index in [1.165, 1.54) is 90.2 Å². The second-order valence-corrected chi connectivity index (χ2v) is 22.7. The number of nitrogens with one attached hydrogen (secondary N) is 1. The van der Waals surface area contributed by atoms with Crippen LogP contribution in [0.25, 0.3) is 90.8 Å². The fourth-order valence-electron chi connectivity index (χ4n) is 9.81. The molecule has 0 aliphatic carbocycles. The minimum atomic E-state index is 0.0125. The van der Waals surface area contributed by atoms with Crippen molar-refractivity contribution in [1.82, 2.24) is 4.57 Å². The van der Waals surface area contributed by atoms with Gasteiger partial charge in [-0.3, -0.25) is 0 Å². The van der Waals surface area contributed by atoms with Gasteiger partial charge in [0.25, 0.3) is 0 Å². The van der Waals surface area contributed by atoms with Crippen LogP contribution in [0.2, 0.25) is 0 Å². The van der Waals surface area contributed by atoms with Crippen LogP contribution in [0, 0.1) is 0 Å². The number of furan rings is 1. The van der Waals surface area contributed by atoms with Crippen LogP contribution in [-0.4, -0.2) is 11.8 Å². The summed E-state index contributed by atoms with van der Waals surface area (Å²) in [7, 11) is 2.49. The maximum atomic E-state index is 6.74. The Morgan fingerprint density at radius 1 is 0.500 bits per heavy atom. The molecule has 303 valence electrons. The van der Waals surface area contributed by atoms with Crippen molar-refractivity contribution in [3.8, 4) is 16.8 Å². The highest BCUT2D eigenvalue weighted by Crippen LogP contribution is 2.46. The molecule has 0 bridgehead atoms. The quantitative estimate of drug-likeness (QED) is 0.180. The van der Waals surface area contributed by atoms with Crippen LogP contribution in [-0.2, 0) is 16.2 Å². The zero-order chi connectivity index (χ0) is 42.6. The Balaban J connectivity index is 1.16. The second kappa shape index (κ2) is 12.9. The first kappa shape index (κ1) is 37.9. The first-order chi connectivity index (χ1) is 29.6. The summed E-state index contributed by atoms with van der Waals surface area (Å²) in [5.41, 5.74) is 15.3.